The standard InChI is InChI=1S/C22H29N5O.2ClH/c1-2-17-3-5-18(6-4-17)20-15-24-11-14-27(20)22(28)19-7-12-26(13-8-19)21-16-23-9-10-25-21;;/h3-6,9-10,16,19-20,24H,2,7-8,11-15H2,1H3;2*1H. The molecule has 0 bridgehead atoms. The number of hydrogen-bond acceptors (Lipinski definition) is 5. The van der Waals surface area contributed by atoms with Gasteiger partial charge in [-0.1, -0.05) is 31.2 Å². The second kappa shape index (κ2) is 11.5. The van der Waals surface area contributed by atoms with Gasteiger partial charge in [0.15, 0.2) is 0 Å². The van der Waals surface area contributed by atoms with Gasteiger partial charge in [0.25, 0.3) is 0 Å². The van der Waals surface area contributed by atoms with Crippen molar-refractivity contribution in [2.45, 2.75) is 32.2 Å². The first-order valence-electron chi connectivity index (χ1n) is 10.4. The summed E-state index contributed by atoms with van der Waals surface area (Å²) < 4.78 is 0. The van der Waals surface area contributed by atoms with Gasteiger partial charge in [-0.15, -0.1) is 24.8 Å². The summed E-state index contributed by atoms with van der Waals surface area (Å²) in [5.74, 6) is 1.32. The van der Waals surface area contributed by atoms with Gasteiger partial charge < -0.3 is 15.1 Å². The number of aromatic nitrogens is 2. The van der Waals surface area contributed by atoms with Crippen LogP contribution in [0.25, 0.3) is 0 Å². The van der Waals surface area contributed by atoms with Crippen molar-refractivity contribution in [3.8, 4) is 0 Å². The third kappa shape index (κ3) is 5.42. The fourth-order valence-corrected chi connectivity index (χ4v) is 4.29. The lowest BCUT2D eigenvalue weighted by Crippen LogP contribution is -2.51. The third-order valence-corrected chi connectivity index (χ3v) is 6.02. The number of amides is 1. The maximum absolute atomic E-state index is 13.4. The van der Waals surface area contributed by atoms with Crippen LogP contribution < -0.4 is 10.2 Å². The predicted octanol–water partition coefficient (Wildman–Crippen LogP) is 3.27. The Hall–Kier alpha value is -1.89. The zero-order valence-corrected chi connectivity index (χ0v) is 19.0. The van der Waals surface area contributed by atoms with E-state index in [-0.39, 0.29) is 36.8 Å². The van der Waals surface area contributed by atoms with Crippen LogP contribution >= 0.6 is 24.8 Å². The van der Waals surface area contributed by atoms with Gasteiger partial charge in [-0.25, -0.2) is 4.98 Å². The normalized spacial score (nSPS) is 19.6. The van der Waals surface area contributed by atoms with E-state index in [9.17, 15) is 4.79 Å². The second-order valence-electron chi connectivity index (χ2n) is 7.67. The van der Waals surface area contributed by atoms with Gasteiger partial charge in [-0.2, -0.15) is 0 Å². The molecule has 1 atom stereocenters. The number of piperazine rings is 1. The molecule has 1 amide bonds. The van der Waals surface area contributed by atoms with Gasteiger partial charge >= 0.3 is 0 Å². The van der Waals surface area contributed by atoms with E-state index < -0.39 is 0 Å². The zero-order chi connectivity index (χ0) is 19.3. The van der Waals surface area contributed by atoms with Crippen LogP contribution in [0.3, 0.4) is 0 Å². The van der Waals surface area contributed by atoms with Gasteiger partial charge in [0, 0.05) is 51.0 Å². The molecule has 1 aromatic carbocycles. The van der Waals surface area contributed by atoms with Crippen LogP contribution in [0.4, 0.5) is 5.82 Å². The van der Waals surface area contributed by atoms with Crippen molar-refractivity contribution in [3.05, 3.63) is 54.0 Å². The number of aryl methyl sites for hydroxylation is 1. The number of carbonyl (C=O) groups excluding carboxylic acids is 1. The number of carbonyl (C=O) groups is 1. The van der Waals surface area contributed by atoms with Crippen molar-refractivity contribution in [1.29, 1.82) is 0 Å². The Morgan fingerprint density at radius 2 is 1.83 bits per heavy atom. The van der Waals surface area contributed by atoms with Crippen LogP contribution in [0.5, 0.6) is 0 Å². The first kappa shape index (κ1) is 24.4. The average molecular weight is 452 g/mol. The molecule has 1 unspecified atom stereocenters. The highest BCUT2D eigenvalue weighted by Crippen LogP contribution is 2.29. The fraction of sp³-hybridized carbons (Fsp3) is 0.500. The smallest absolute Gasteiger partial charge is 0.226 e. The summed E-state index contributed by atoms with van der Waals surface area (Å²) >= 11 is 0. The largest absolute Gasteiger partial charge is 0.355 e. The lowest BCUT2D eigenvalue weighted by molar-refractivity contribution is -0.139. The van der Waals surface area contributed by atoms with Crippen molar-refractivity contribution in [2.75, 3.05) is 37.6 Å². The highest BCUT2D eigenvalue weighted by Gasteiger charge is 2.34. The van der Waals surface area contributed by atoms with Crippen LogP contribution in [0.2, 0.25) is 0 Å². The number of benzene rings is 1. The maximum Gasteiger partial charge on any atom is 0.226 e. The molecule has 4 rings (SSSR count). The van der Waals surface area contributed by atoms with E-state index >= 15 is 0 Å². The molecule has 8 heteroatoms. The molecular weight excluding hydrogens is 421 g/mol. The molecule has 2 saturated heterocycles. The predicted molar refractivity (Wildman–Crippen MR) is 125 cm³/mol. The first-order valence-corrected chi connectivity index (χ1v) is 10.4. The number of rotatable bonds is 4. The molecule has 1 aromatic heterocycles. The van der Waals surface area contributed by atoms with Gasteiger partial charge in [-0.05, 0) is 30.4 Å². The van der Waals surface area contributed by atoms with Gasteiger partial charge in [0.05, 0.1) is 12.2 Å². The molecule has 0 radical (unpaired) electrons. The van der Waals surface area contributed by atoms with Crippen molar-refractivity contribution in [3.63, 3.8) is 0 Å². The Kier molecular flexibility index (Phi) is 9.34. The number of hydrogen-bond donors (Lipinski definition) is 1. The summed E-state index contributed by atoms with van der Waals surface area (Å²) in [6.07, 6.45) is 8.01. The molecule has 2 fully saturated rings. The molecule has 0 aliphatic carbocycles. The summed E-state index contributed by atoms with van der Waals surface area (Å²) in [5, 5.41) is 3.46. The molecular formula is C22H31Cl2N5O. The molecule has 164 valence electrons. The van der Waals surface area contributed by atoms with E-state index in [1.807, 2.05) is 0 Å². The Morgan fingerprint density at radius 3 is 2.47 bits per heavy atom. The number of halogens is 2. The van der Waals surface area contributed by atoms with Gasteiger partial charge in [0.1, 0.15) is 5.82 Å². The highest BCUT2D eigenvalue weighted by molar-refractivity contribution is 5.85. The van der Waals surface area contributed by atoms with Crippen LogP contribution in [-0.2, 0) is 11.2 Å². The van der Waals surface area contributed by atoms with E-state index in [1.165, 1.54) is 11.1 Å². The van der Waals surface area contributed by atoms with Crippen molar-refractivity contribution >= 4 is 36.5 Å². The second-order valence-corrected chi connectivity index (χ2v) is 7.67. The summed E-state index contributed by atoms with van der Waals surface area (Å²) in [7, 11) is 0. The topological polar surface area (TPSA) is 61.4 Å². The maximum atomic E-state index is 13.4. The minimum Gasteiger partial charge on any atom is -0.355 e. The molecule has 6 nitrogen and oxygen atoms in total. The average Bonchev–Trinajstić information content (AvgIpc) is 2.79. The molecule has 0 saturated carbocycles. The zero-order valence-electron chi connectivity index (χ0n) is 17.4. The lowest BCUT2D eigenvalue weighted by Gasteiger charge is -2.40. The Balaban J connectivity index is 0.00000160. The summed E-state index contributed by atoms with van der Waals surface area (Å²) in [5.41, 5.74) is 2.57. The number of piperidine rings is 1. The van der Waals surface area contributed by atoms with Crippen molar-refractivity contribution < 1.29 is 4.79 Å². The fourth-order valence-electron chi connectivity index (χ4n) is 4.29. The summed E-state index contributed by atoms with van der Waals surface area (Å²) in [4.78, 5) is 26.2. The third-order valence-electron chi connectivity index (χ3n) is 6.02. The van der Waals surface area contributed by atoms with E-state index in [0.717, 1.165) is 57.8 Å². The molecule has 30 heavy (non-hydrogen) atoms. The minimum absolute atomic E-state index is 0. The van der Waals surface area contributed by atoms with Crippen LogP contribution in [0.1, 0.15) is 36.9 Å². The highest BCUT2D eigenvalue weighted by atomic mass is 35.5. The van der Waals surface area contributed by atoms with E-state index in [0.29, 0.717) is 5.91 Å². The van der Waals surface area contributed by atoms with E-state index in [1.54, 1.807) is 18.6 Å². The van der Waals surface area contributed by atoms with Crippen LogP contribution in [0.15, 0.2) is 42.9 Å². The van der Waals surface area contributed by atoms with Crippen molar-refractivity contribution in [2.24, 2.45) is 5.92 Å². The minimum atomic E-state index is 0. The molecule has 0 spiro atoms. The van der Waals surface area contributed by atoms with E-state index in [4.69, 9.17) is 0 Å². The van der Waals surface area contributed by atoms with Crippen LogP contribution in [-0.4, -0.2) is 53.5 Å². The SMILES string of the molecule is CCc1ccc(C2CNCCN2C(=O)C2CCN(c3cnccn3)CC2)cc1.Cl.Cl. The lowest BCUT2D eigenvalue weighted by atomic mass is 9.93. The molecule has 2 aliphatic rings. The number of nitrogens with one attached hydrogen (secondary N) is 1. The Labute approximate surface area is 191 Å². The van der Waals surface area contributed by atoms with Gasteiger partial charge in [0.2, 0.25) is 5.91 Å². The Morgan fingerprint density at radius 1 is 1.10 bits per heavy atom. The quantitative estimate of drug-likeness (QED) is 0.772. The summed E-state index contributed by atoms with van der Waals surface area (Å²) in [6.45, 7) is 6.36. The van der Waals surface area contributed by atoms with Crippen LogP contribution in [0, 0.1) is 5.92 Å². The first-order chi connectivity index (χ1) is 13.8. The van der Waals surface area contributed by atoms with Gasteiger partial charge in [-0.3, -0.25) is 9.78 Å². The monoisotopic (exact) mass is 451 g/mol. The number of anilines is 1. The summed E-state index contributed by atoms with van der Waals surface area (Å²) in [6, 6.07) is 8.88. The molecule has 3 heterocycles. The van der Waals surface area contributed by atoms with E-state index in [2.05, 4.69) is 56.3 Å². The molecule has 2 aliphatic heterocycles. The number of nitrogens with zero attached hydrogens (tertiary/aromatic N) is 4. The Bertz CT molecular complexity index is 782. The molecule has 1 N–H and O–H groups in total. The molecule has 2 aromatic rings. The van der Waals surface area contributed by atoms with Crippen molar-refractivity contribution in [1.82, 2.24) is 20.2 Å².